The van der Waals surface area contributed by atoms with E-state index < -0.39 is 6.10 Å². The van der Waals surface area contributed by atoms with Crippen molar-refractivity contribution < 1.29 is 9.90 Å². The molecule has 6 nitrogen and oxygen atoms in total. The molecule has 1 aromatic carbocycles. The maximum Gasteiger partial charge on any atom is 0.253 e. The maximum atomic E-state index is 12.5. The normalized spacial score (nSPS) is 12.4. The number of hydrogen-bond acceptors (Lipinski definition) is 4. The summed E-state index contributed by atoms with van der Waals surface area (Å²) in [6.45, 7) is 3.75. The van der Waals surface area contributed by atoms with E-state index in [1.165, 1.54) is 0 Å². The monoisotopic (exact) mass is 358 g/mol. The van der Waals surface area contributed by atoms with Crippen LogP contribution in [0, 0.1) is 13.8 Å². The van der Waals surface area contributed by atoms with Crippen LogP contribution in [0.25, 0.3) is 11.0 Å². The number of nitrogens with one attached hydrogen (secondary N) is 1. The summed E-state index contributed by atoms with van der Waals surface area (Å²) < 4.78 is 1.70. The zero-order valence-electron chi connectivity index (χ0n) is 14.2. The second kappa shape index (κ2) is 6.82. The number of aliphatic hydroxyl groups excluding tert-OH is 1. The Morgan fingerprint density at radius 3 is 2.80 bits per heavy atom. The third-order valence-corrected chi connectivity index (χ3v) is 4.36. The molecule has 0 radical (unpaired) electrons. The van der Waals surface area contributed by atoms with Gasteiger partial charge in [0.2, 0.25) is 0 Å². The van der Waals surface area contributed by atoms with E-state index in [4.69, 9.17) is 11.6 Å². The van der Waals surface area contributed by atoms with E-state index in [1.54, 1.807) is 41.9 Å². The molecule has 7 heteroatoms. The maximum absolute atomic E-state index is 12.5. The van der Waals surface area contributed by atoms with Gasteiger partial charge in [0.25, 0.3) is 5.91 Å². The van der Waals surface area contributed by atoms with Gasteiger partial charge in [-0.25, -0.2) is 4.98 Å². The molecular formula is C18H19ClN4O2. The van der Waals surface area contributed by atoms with Crippen molar-refractivity contribution in [3.63, 3.8) is 0 Å². The summed E-state index contributed by atoms with van der Waals surface area (Å²) in [4.78, 5) is 17.0. The summed E-state index contributed by atoms with van der Waals surface area (Å²) in [6, 6.07) is 8.73. The van der Waals surface area contributed by atoms with E-state index in [2.05, 4.69) is 15.4 Å². The van der Waals surface area contributed by atoms with Crippen molar-refractivity contribution in [2.75, 3.05) is 6.54 Å². The van der Waals surface area contributed by atoms with Gasteiger partial charge in [0.05, 0.1) is 23.1 Å². The summed E-state index contributed by atoms with van der Waals surface area (Å²) in [7, 11) is 1.82. The van der Waals surface area contributed by atoms with Gasteiger partial charge in [-0.3, -0.25) is 9.48 Å². The highest BCUT2D eigenvalue weighted by atomic mass is 35.5. The molecule has 0 unspecified atom stereocenters. The second-order valence-corrected chi connectivity index (χ2v) is 6.42. The topological polar surface area (TPSA) is 80.0 Å². The van der Waals surface area contributed by atoms with Gasteiger partial charge in [-0.2, -0.15) is 5.10 Å². The first kappa shape index (κ1) is 17.4. The van der Waals surface area contributed by atoms with Crippen LogP contribution in [0.5, 0.6) is 0 Å². The average Bonchev–Trinajstić information content (AvgIpc) is 2.85. The molecule has 2 aromatic heterocycles. The number of carbonyl (C=O) groups is 1. The SMILES string of the molecule is Cc1nc2c(cc1C(=O)NC[C@H](O)c1cccc(Cl)c1)c(C)nn2C. The van der Waals surface area contributed by atoms with Gasteiger partial charge in [0, 0.05) is 24.0 Å². The van der Waals surface area contributed by atoms with Crippen LogP contribution in [0.1, 0.15) is 33.4 Å². The Morgan fingerprint density at radius 2 is 2.08 bits per heavy atom. The number of nitrogens with zero attached hydrogens (tertiary/aromatic N) is 3. The minimum atomic E-state index is -0.834. The molecular weight excluding hydrogens is 340 g/mol. The van der Waals surface area contributed by atoms with Crippen molar-refractivity contribution in [3.05, 3.63) is 57.9 Å². The molecule has 0 aliphatic heterocycles. The van der Waals surface area contributed by atoms with E-state index in [1.807, 2.05) is 14.0 Å². The van der Waals surface area contributed by atoms with Crippen LogP contribution in [-0.2, 0) is 7.05 Å². The summed E-state index contributed by atoms with van der Waals surface area (Å²) in [5.41, 5.74) is 3.30. The van der Waals surface area contributed by atoms with Gasteiger partial charge < -0.3 is 10.4 Å². The molecule has 130 valence electrons. The van der Waals surface area contributed by atoms with E-state index >= 15 is 0 Å². The van der Waals surface area contributed by atoms with Gasteiger partial charge in [0.1, 0.15) is 0 Å². The molecule has 0 saturated carbocycles. The Bertz CT molecular complexity index is 952. The predicted octanol–water partition coefficient (Wildman–Crippen LogP) is 2.70. The first-order valence-corrected chi connectivity index (χ1v) is 8.27. The lowest BCUT2D eigenvalue weighted by atomic mass is 10.1. The second-order valence-electron chi connectivity index (χ2n) is 5.98. The Kier molecular flexibility index (Phi) is 4.74. The van der Waals surface area contributed by atoms with Gasteiger partial charge in [-0.15, -0.1) is 0 Å². The molecule has 1 amide bonds. The van der Waals surface area contributed by atoms with Crippen molar-refractivity contribution in [1.29, 1.82) is 0 Å². The highest BCUT2D eigenvalue weighted by Crippen LogP contribution is 2.20. The molecule has 25 heavy (non-hydrogen) atoms. The summed E-state index contributed by atoms with van der Waals surface area (Å²) in [5, 5.41) is 18.7. The number of fused-ring (bicyclic) bond motifs is 1. The molecule has 3 rings (SSSR count). The van der Waals surface area contributed by atoms with E-state index in [0.29, 0.717) is 21.8 Å². The van der Waals surface area contributed by atoms with Crippen LogP contribution in [0.4, 0.5) is 0 Å². The Balaban J connectivity index is 1.78. The standard InChI is InChI=1S/C18H19ClN4O2/c1-10-15(8-14-11(2)22-23(3)17(14)21-10)18(25)20-9-16(24)12-5-4-6-13(19)7-12/h4-8,16,24H,9H2,1-3H3,(H,20,25)/t16-/m0/s1. The highest BCUT2D eigenvalue weighted by Gasteiger charge is 2.17. The number of pyridine rings is 1. The molecule has 1 atom stereocenters. The number of aromatic nitrogens is 3. The number of aryl methyl sites for hydroxylation is 3. The molecule has 2 heterocycles. The zero-order valence-corrected chi connectivity index (χ0v) is 15.0. The van der Waals surface area contributed by atoms with Crippen molar-refractivity contribution in [1.82, 2.24) is 20.1 Å². The molecule has 2 N–H and O–H groups in total. The summed E-state index contributed by atoms with van der Waals surface area (Å²) >= 11 is 5.93. The van der Waals surface area contributed by atoms with Crippen molar-refractivity contribution >= 4 is 28.5 Å². The number of carbonyl (C=O) groups excluding carboxylic acids is 1. The Hall–Kier alpha value is -2.44. The highest BCUT2D eigenvalue weighted by molar-refractivity contribution is 6.30. The van der Waals surface area contributed by atoms with Crippen molar-refractivity contribution in [2.45, 2.75) is 20.0 Å². The third kappa shape index (κ3) is 3.50. The minimum absolute atomic E-state index is 0.0860. The van der Waals surface area contributed by atoms with Crippen LogP contribution in [-0.4, -0.2) is 32.3 Å². The summed E-state index contributed by atoms with van der Waals surface area (Å²) in [6.07, 6.45) is -0.834. The first-order chi connectivity index (χ1) is 11.9. The lowest BCUT2D eigenvalue weighted by Gasteiger charge is -2.13. The van der Waals surface area contributed by atoms with Crippen LogP contribution < -0.4 is 5.32 Å². The molecule has 0 aliphatic rings. The molecule has 0 spiro atoms. The van der Waals surface area contributed by atoms with E-state index in [0.717, 1.165) is 16.7 Å². The fourth-order valence-electron chi connectivity index (χ4n) is 2.78. The number of rotatable bonds is 4. The number of aliphatic hydroxyl groups is 1. The van der Waals surface area contributed by atoms with Gasteiger partial charge in [-0.1, -0.05) is 23.7 Å². The number of amides is 1. The molecule has 3 aromatic rings. The van der Waals surface area contributed by atoms with Gasteiger partial charge in [0.15, 0.2) is 5.65 Å². The minimum Gasteiger partial charge on any atom is -0.387 e. The fourth-order valence-corrected chi connectivity index (χ4v) is 2.98. The van der Waals surface area contributed by atoms with Gasteiger partial charge in [-0.05, 0) is 37.6 Å². The molecule has 0 bridgehead atoms. The lowest BCUT2D eigenvalue weighted by Crippen LogP contribution is -2.29. The van der Waals surface area contributed by atoms with Gasteiger partial charge >= 0.3 is 0 Å². The number of hydrogen-bond donors (Lipinski definition) is 2. The molecule has 0 aliphatic carbocycles. The smallest absolute Gasteiger partial charge is 0.253 e. The van der Waals surface area contributed by atoms with E-state index in [9.17, 15) is 9.90 Å². The molecule has 0 fully saturated rings. The van der Waals surface area contributed by atoms with Crippen LogP contribution in [0.15, 0.2) is 30.3 Å². The van der Waals surface area contributed by atoms with Crippen LogP contribution >= 0.6 is 11.6 Å². The van der Waals surface area contributed by atoms with Crippen molar-refractivity contribution in [2.24, 2.45) is 7.05 Å². The molecule has 0 saturated heterocycles. The van der Waals surface area contributed by atoms with Crippen LogP contribution in [0.3, 0.4) is 0 Å². The predicted molar refractivity (Wildman–Crippen MR) is 96.7 cm³/mol. The Labute approximate surface area is 150 Å². The number of halogens is 1. The Morgan fingerprint density at radius 1 is 1.32 bits per heavy atom. The lowest BCUT2D eigenvalue weighted by molar-refractivity contribution is 0.0915. The summed E-state index contributed by atoms with van der Waals surface area (Å²) in [5.74, 6) is -0.281. The average molecular weight is 359 g/mol. The van der Waals surface area contributed by atoms with Crippen LogP contribution in [0.2, 0.25) is 5.02 Å². The first-order valence-electron chi connectivity index (χ1n) is 7.89. The quantitative estimate of drug-likeness (QED) is 0.751. The largest absolute Gasteiger partial charge is 0.387 e. The van der Waals surface area contributed by atoms with E-state index in [-0.39, 0.29) is 12.5 Å². The third-order valence-electron chi connectivity index (χ3n) is 4.12. The zero-order chi connectivity index (χ0) is 18.1. The van der Waals surface area contributed by atoms with Crippen molar-refractivity contribution in [3.8, 4) is 0 Å². The number of benzene rings is 1. The fraction of sp³-hybridized carbons (Fsp3) is 0.278.